The number of methoxy groups -OCH3 is 1. The van der Waals surface area contributed by atoms with Gasteiger partial charge >= 0.3 is 5.97 Å². The van der Waals surface area contributed by atoms with E-state index in [2.05, 4.69) is 9.47 Å². The summed E-state index contributed by atoms with van der Waals surface area (Å²) in [5, 5.41) is 18.1. The first-order valence-electron chi connectivity index (χ1n) is 4.50. The number of esters is 1. The minimum Gasteiger partial charge on any atom is -0.465 e. The molecule has 0 amide bonds. The normalized spacial score (nSPS) is 11.2. The van der Waals surface area contributed by atoms with E-state index in [0.29, 0.717) is 0 Å². The van der Waals surface area contributed by atoms with Gasteiger partial charge in [-0.3, -0.25) is 9.59 Å². The molecular weight excluding hydrogens is 204 g/mol. The zero-order valence-corrected chi connectivity index (χ0v) is 8.86. The summed E-state index contributed by atoms with van der Waals surface area (Å²) in [5.74, 6) is -1.63. The van der Waals surface area contributed by atoms with Crippen molar-refractivity contribution in [2.45, 2.75) is 6.92 Å². The summed E-state index contributed by atoms with van der Waals surface area (Å²) in [6.07, 6.45) is 0. The molecule has 0 aliphatic rings. The molecule has 6 nitrogen and oxygen atoms in total. The molecule has 0 heterocycles. The molecule has 0 radical (unpaired) electrons. The first-order chi connectivity index (χ1) is 7.08. The summed E-state index contributed by atoms with van der Waals surface area (Å²) < 4.78 is 9.18. The van der Waals surface area contributed by atoms with E-state index in [1.165, 1.54) is 7.11 Å². The van der Waals surface area contributed by atoms with Crippen LogP contribution >= 0.6 is 0 Å². The Balaban J connectivity index is 4.86. The fourth-order valence-electron chi connectivity index (χ4n) is 1.01. The summed E-state index contributed by atoms with van der Waals surface area (Å²) in [7, 11) is 1.28. The second-order valence-corrected chi connectivity index (χ2v) is 2.97. The monoisotopic (exact) mass is 220 g/mol. The lowest BCUT2D eigenvalue weighted by molar-refractivity contribution is -0.167. The van der Waals surface area contributed by atoms with Crippen LogP contribution in [0.4, 0.5) is 0 Å². The topological polar surface area (TPSA) is 93.1 Å². The molecule has 0 fully saturated rings. The van der Waals surface area contributed by atoms with Crippen molar-refractivity contribution in [3.05, 3.63) is 0 Å². The molecular formula is C9H16O6. The number of hydrogen-bond donors (Lipinski definition) is 2. The molecule has 0 rings (SSSR count). The fraction of sp³-hybridized carbons (Fsp3) is 0.778. The highest BCUT2D eigenvalue weighted by molar-refractivity contribution is 6.04. The lowest BCUT2D eigenvalue weighted by Gasteiger charge is -2.25. The molecule has 0 aliphatic heterocycles. The highest BCUT2D eigenvalue weighted by Gasteiger charge is 2.46. The third-order valence-electron chi connectivity index (χ3n) is 2.02. The van der Waals surface area contributed by atoms with Crippen LogP contribution < -0.4 is 0 Å². The van der Waals surface area contributed by atoms with Crippen LogP contribution in [0.5, 0.6) is 0 Å². The molecule has 0 saturated carbocycles. The van der Waals surface area contributed by atoms with Crippen LogP contribution in [0.1, 0.15) is 6.92 Å². The molecule has 0 aromatic heterocycles. The maximum atomic E-state index is 11.5. The number of rotatable bonds is 7. The van der Waals surface area contributed by atoms with Crippen molar-refractivity contribution in [2.24, 2.45) is 5.41 Å². The number of carbonyl (C=O) groups is 2. The quantitative estimate of drug-likeness (QED) is 0.411. The Kier molecular flexibility index (Phi) is 6.07. The zero-order valence-electron chi connectivity index (χ0n) is 8.86. The van der Waals surface area contributed by atoms with Crippen molar-refractivity contribution >= 4 is 11.8 Å². The summed E-state index contributed by atoms with van der Waals surface area (Å²) in [4.78, 5) is 22.9. The van der Waals surface area contributed by atoms with Gasteiger partial charge in [-0.15, -0.1) is 0 Å². The highest BCUT2D eigenvalue weighted by Crippen LogP contribution is 2.19. The Hall–Kier alpha value is -0.980. The Morgan fingerprint density at radius 3 is 2.13 bits per heavy atom. The lowest BCUT2D eigenvalue weighted by atomic mass is 9.85. The average Bonchev–Trinajstić information content (AvgIpc) is 2.21. The number of carbonyl (C=O) groups excluding carboxylic acids is 2. The molecule has 0 unspecified atom stereocenters. The summed E-state index contributed by atoms with van der Waals surface area (Å²) in [5.41, 5.74) is -1.91. The van der Waals surface area contributed by atoms with E-state index < -0.39 is 30.4 Å². The molecule has 2 N–H and O–H groups in total. The van der Waals surface area contributed by atoms with Crippen molar-refractivity contribution in [2.75, 3.05) is 33.5 Å². The van der Waals surface area contributed by atoms with Crippen molar-refractivity contribution in [3.63, 3.8) is 0 Å². The van der Waals surface area contributed by atoms with E-state index in [4.69, 9.17) is 10.2 Å². The van der Waals surface area contributed by atoms with Gasteiger partial charge in [-0.05, 0) is 6.92 Å². The molecule has 0 atom stereocenters. The standard InChI is InChI=1S/C9H16O6/c1-3-15-8(13)9(5-10,6-11)7(12)4-14-2/h10-11H,3-6H2,1-2H3. The Morgan fingerprint density at radius 1 is 1.27 bits per heavy atom. The maximum absolute atomic E-state index is 11.5. The van der Waals surface area contributed by atoms with E-state index in [0.717, 1.165) is 0 Å². The minimum atomic E-state index is -1.91. The number of aliphatic hydroxyl groups is 2. The molecule has 0 aromatic carbocycles. The van der Waals surface area contributed by atoms with Crippen LogP contribution in [-0.2, 0) is 19.1 Å². The summed E-state index contributed by atoms with van der Waals surface area (Å²) in [6.45, 7) is -0.325. The van der Waals surface area contributed by atoms with Gasteiger partial charge in [-0.1, -0.05) is 0 Å². The summed E-state index contributed by atoms with van der Waals surface area (Å²) >= 11 is 0. The van der Waals surface area contributed by atoms with Crippen LogP contribution in [-0.4, -0.2) is 55.5 Å². The van der Waals surface area contributed by atoms with Crippen molar-refractivity contribution in [1.82, 2.24) is 0 Å². The third kappa shape index (κ3) is 2.98. The molecule has 0 saturated heterocycles. The van der Waals surface area contributed by atoms with Crippen molar-refractivity contribution in [3.8, 4) is 0 Å². The highest BCUT2D eigenvalue weighted by atomic mass is 16.5. The van der Waals surface area contributed by atoms with E-state index >= 15 is 0 Å². The molecule has 0 aromatic rings. The predicted octanol–water partition coefficient (Wildman–Crippen LogP) is -1.26. The largest absolute Gasteiger partial charge is 0.465 e. The van der Waals surface area contributed by atoms with Gasteiger partial charge in [0.15, 0.2) is 11.2 Å². The van der Waals surface area contributed by atoms with Crippen LogP contribution in [0.3, 0.4) is 0 Å². The minimum absolute atomic E-state index is 0.0703. The van der Waals surface area contributed by atoms with Gasteiger partial charge in [-0.2, -0.15) is 0 Å². The number of aliphatic hydroxyl groups excluding tert-OH is 2. The molecule has 15 heavy (non-hydrogen) atoms. The van der Waals surface area contributed by atoms with E-state index in [1.54, 1.807) is 6.92 Å². The molecule has 88 valence electrons. The number of hydrogen-bond acceptors (Lipinski definition) is 6. The van der Waals surface area contributed by atoms with Crippen LogP contribution in [0.2, 0.25) is 0 Å². The Morgan fingerprint density at radius 2 is 1.80 bits per heavy atom. The van der Waals surface area contributed by atoms with Crippen molar-refractivity contribution in [1.29, 1.82) is 0 Å². The van der Waals surface area contributed by atoms with Gasteiger partial charge in [0.05, 0.1) is 19.8 Å². The van der Waals surface area contributed by atoms with E-state index in [1.807, 2.05) is 0 Å². The number of ketones is 1. The van der Waals surface area contributed by atoms with Gasteiger partial charge in [0.1, 0.15) is 6.61 Å². The van der Waals surface area contributed by atoms with E-state index in [-0.39, 0.29) is 13.2 Å². The van der Waals surface area contributed by atoms with Gasteiger partial charge in [0, 0.05) is 7.11 Å². The molecule has 0 spiro atoms. The second-order valence-electron chi connectivity index (χ2n) is 2.97. The van der Waals surface area contributed by atoms with Gasteiger partial charge in [0.2, 0.25) is 0 Å². The third-order valence-corrected chi connectivity index (χ3v) is 2.02. The smallest absolute Gasteiger partial charge is 0.324 e. The average molecular weight is 220 g/mol. The summed E-state index contributed by atoms with van der Waals surface area (Å²) in [6, 6.07) is 0. The Labute approximate surface area is 87.8 Å². The van der Waals surface area contributed by atoms with Crippen LogP contribution in [0, 0.1) is 5.41 Å². The number of ether oxygens (including phenoxy) is 2. The molecule has 6 heteroatoms. The van der Waals surface area contributed by atoms with Crippen LogP contribution in [0.15, 0.2) is 0 Å². The first-order valence-corrected chi connectivity index (χ1v) is 4.50. The van der Waals surface area contributed by atoms with Gasteiger partial charge in [-0.25, -0.2) is 0 Å². The molecule has 0 aliphatic carbocycles. The number of Topliss-reactive ketones (excluding diaryl/α,β-unsaturated/α-hetero) is 1. The van der Waals surface area contributed by atoms with Gasteiger partial charge < -0.3 is 19.7 Å². The molecule has 0 bridgehead atoms. The lowest BCUT2D eigenvalue weighted by Crippen LogP contribution is -2.48. The van der Waals surface area contributed by atoms with Crippen molar-refractivity contribution < 1.29 is 29.3 Å². The second kappa shape index (κ2) is 6.49. The Bertz CT molecular complexity index is 201. The van der Waals surface area contributed by atoms with Gasteiger partial charge in [0.25, 0.3) is 0 Å². The fourth-order valence-corrected chi connectivity index (χ4v) is 1.01. The van der Waals surface area contributed by atoms with E-state index in [9.17, 15) is 9.59 Å². The zero-order chi connectivity index (χ0) is 11.9. The predicted molar refractivity (Wildman–Crippen MR) is 50.1 cm³/mol. The maximum Gasteiger partial charge on any atom is 0.324 e. The van der Waals surface area contributed by atoms with Crippen LogP contribution in [0.25, 0.3) is 0 Å². The first kappa shape index (κ1) is 14.0. The SMILES string of the molecule is CCOC(=O)C(CO)(CO)C(=O)COC.